The molecule has 2 heterocycles. The molecule has 0 amide bonds. The minimum Gasteiger partial charge on any atom is -0.386 e. The molecule has 0 radical (unpaired) electrons. The van der Waals surface area contributed by atoms with Gasteiger partial charge in [0.1, 0.15) is 0 Å². The van der Waals surface area contributed by atoms with E-state index >= 15 is 0 Å². The summed E-state index contributed by atoms with van der Waals surface area (Å²) >= 11 is 0. The Hall–Kier alpha value is -2.66. The summed E-state index contributed by atoms with van der Waals surface area (Å²) in [6, 6.07) is 9.19. The number of benzene rings is 1. The number of hydrogen-bond acceptors (Lipinski definition) is 4. The highest BCUT2D eigenvalue weighted by atomic mass is 15.2. The Kier molecular flexibility index (Phi) is 8.87. The molecule has 0 bridgehead atoms. The monoisotopic (exact) mass is 395 g/mol. The number of likely N-dealkylation sites (N-methyl/N-ethyl adjacent to an activating group) is 1. The van der Waals surface area contributed by atoms with E-state index in [2.05, 4.69) is 83.8 Å². The minimum absolute atomic E-state index is 0.504. The van der Waals surface area contributed by atoms with Crippen LogP contribution in [0.15, 0.2) is 61.6 Å². The fourth-order valence-corrected chi connectivity index (χ4v) is 3.44. The summed E-state index contributed by atoms with van der Waals surface area (Å²) in [7, 11) is 2.18. The predicted octanol–water partition coefficient (Wildman–Crippen LogP) is 4.02. The van der Waals surface area contributed by atoms with Gasteiger partial charge in [-0.1, -0.05) is 30.9 Å². The summed E-state index contributed by atoms with van der Waals surface area (Å²) < 4.78 is 0. The molecule has 5 heteroatoms. The Morgan fingerprint density at radius 2 is 2.07 bits per heavy atom. The molecule has 1 saturated heterocycles. The maximum Gasteiger partial charge on any atom is 0.0918 e. The van der Waals surface area contributed by atoms with Crippen LogP contribution in [-0.2, 0) is 6.54 Å². The standard InChI is InChI=1S/C18H26N4.C6H11N/c1-13-6-7-18-15(9-13)10-17(21-18)11-19-14(2)20-16-5-4-8-22(3)12-16;1-4-5-7-6(2)3/h6-7,9-10,16,19-21H,2,4-5,8,11-12H2,1,3H3;4,7H,1-2,5H2,3H3. The van der Waals surface area contributed by atoms with Gasteiger partial charge in [-0.2, -0.15) is 0 Å². The molecule has 158 valence electrons. The van der Waals surface area contributed by atoms with Gasteiger partial charge in [0.25, 0.3) is 0 Å². The second-order valence-electron chi connectivity index (χ2n) is 7.91. The Balaban J connectivity index is 0.000000370. The summed E-state index contributed by atoms with van der Waals surface area (Å²) in [5.41, 5.74) is 4.65. The van der Waals surface area contributed by atoms with Crippen LogP contribution in [0.3, 0.4) is 0 Å². The molecule has 5 nitrogen and oxygen atoms in total. The molecule has 3 rings (SSSR count). The number of piperidine rings is 1. The number of fused-ring (bicyclic) bond motifs is 1. The lowest BCUT2D eigenvalue weighted by Gasteiger charge is -2.31. The zero-order valence-corrected chi connectivity index (χ0v) is 18.3. The quantitative estimate of drug-likeness (QED) is 0.510. The lowest BCUT2D eigenvalue weighted by molar-refractivity contribution is 0.233. The van der Waals surface area contributed by atoms with Crippen molar-refractivity contribution in [1.82, 2.24) is 25.8 Å². The van der Waals surface area contributed by atoms with Crippen LogP contribution in [0.5, 0.6) is 0 Å². The van der Waals surface area contributed by atoms with Gasteiger partial charge in [-0.3, -0.25) is 0 Å². The third-order valence-corrected chi connectivity index (χ3v) is 4.88. The highest BCUT2D eigenvalue weighted by Gasteiger charge is 2.16. The van der Waals surface area contributed by atoms with E-state index in [1.807, 2.05) is 6.92 Å². The van der Waals surface area contributed by atoms with Crippen molar-refractivity contribution in [2.24, 2.45) is 0 Å². The van der Waals surface area contributed by atoms with E-state index in [0.717, 1.165) is 31.2 Å². The van der Waals surface area contributed by atoms with Gasteiger partial charge in [-0.25, -0.2) is 0 Å². The first-order valence-electron chi connectivity index (χ1n) is 10.3. The molecule has 1 aliphatic heterocycles. The molecule has 1 fully saturated rings. The largest absolute Gasteiger partial charge is 0.386 e. The van der Waals surface area contributed by atoms with E-state index in [-0.39, 0.29) is 0 Å². The lowest BCUT2D eigenvalue weighted by atomic mass is 10.1. The third kappa shape index (κ3) is 8.08. The molecule has 0 saturated carbocycles. The van der Waals surface area contributed by atoms with Gasteiger partial charge in [-0.15, -0.1) is 6.58 Å². The van der Waals surface area contributed by atoms with Crippen molar-refractivity contribution >= 4 is 10.9 Å². The number of aromatic amines is 1. The van der Waals surface area contributed by atoms with Crippen LogP contribution in [0.2, 0.25) is 0 Å². The highest BCUT2D eigenvalue weighted by Crippen LogP contribution is 2.17. The van der Waals surface area contributed by atoms with Crippen molar-refractivity contribution < 1.29 is 0 Å². The van der Waals surface area contributed by atoms with Gasteiger partial charge < -0.3 is 25.8 Å². The van der Waals surface area contributed by atoms with E-state index < -0.39 is 0 Å². The van der Waals surface area contributed by atoms with Gasteiger partial charge in [0.05, 0.1) is 12.4 Å². The van der Waals surface area contributed by atoms with Crippen LogP contribution in [0.4, 0.5) is 0 Å². The average molecular weight is 396 g/mol. The van der Waals surface area contributed by atoms with E-state index in [0.29, 0.717) is 6.04 Å². The second kappa shape index (κ2) is 11.4. The van der Waals surface area contributed by atoms with Crippen molar-refractivity contribution in [2.45, 2.75) is 39.3 Å². The number of aromatic nitrogens is 1. The summed E-state index contributed by atoms with van der Waals surface area (Å²) in [6.45, 7) is 19.2. The molecule has 1 aromatic heterocycles. The van der Waals surface area contributed by atoms with Gasteiger partial charge in [0, 0.05) is 36.0 Å². The summed E-state index contributed by atoms with van der Waals surface area (Å²) in [4.78, 5) is 5.82. The Bertz CT molecular complexity index is 820. The Labute approximate surface area is 176 Å². The summed E-state index contributed by atoms with van der Waals surface area (Å²) in [5, 5.41) is 11.1. The van der Waals surface area contributed by atoms with Crippen molar-refractivity contribution in [3.8, 4) is 0 Å². The number of rotatable bonds is 8. The molecular weight excluding hydrogens is 358 g/mol. The zero-order valence-electron chi connectivity index (χ0n) is 18.3. The van der Waals surface area contributed by atoms with Crippen molar-refractivity contribution in [3.05, 3.63) is 72.9 Å². The molecule has 29 heavy (non-hydrogen) atoms. The number of allylic oxidation sites excluding steroid dienone is 1. The minimum atomic E-state index is 0.504. The fraction of sp³-hybridized carbons (Fsp3) is 0.417. The van der Waals surface area contributed by atoms with E-state index in [9.17, 15) is 0 Å². The third-order valence-electron chi connectivity index (χ3n) is 4.88. The van der Waals surface area contributed by atoms with E-state index in [4.69, 9.17) is 0 Å². The van der Waals surface area contributed by atoms with Gasteiger partial charge in [0.2, 0.25) is 0 Å². The molecule has 1 aromatic carbocycles. The van der Waals surface area contributed by atoms with Crippen molar-refractivity contribution in [1.29, 1.82) is 0 Å². The average Bonchev–Trinajstić information content (AvgIpc) is 3.07. The number of hydrogen-bond donors (Lipinski definition) is 4. The number of nitrogens with zero attached hydrogens (tertiary/aromatic N) is 1. The van der Waals surface area contributed by atoms with Crippen LogP contribution in [-0.4, -0.2) is 42.6 Å². The summed E-state index contributed by atoms with van der Waals surface area (Å²) in [5.74, 6) is 0.912. The summed E-state index contributed by atoms with van der Waals surface area (Å²) in [6.07, 6.45) is 4.27. The topological polar surface area (TPSA) is 55.1 Å². The second-order valence-corrected chi connectivity index (χ2v) is 7.91. The van der Waals surface area contributed by atoms with Crippen molar-refractivity contribution in [2.75, 3.05) is 26.7 Å². The number of H-pyrrole nitrogens is 1. The highest BCUT2D eigenvalue weighted by molar-refractivity contribution is 5.81. The smallest absolute Gasteiger partial charge is 0.0918 e. The molecular formula is C24H37N5. The molecule has 1 aliphatic rings. The normalized spacial score (nSPS) is 16.4. The van der Waals surface area contributed by atoms with Crippen LogP contribution < -0.4 is 16.0 Å². The Morgan fingerprint density at radius 1 is 1.28 bits per heavy atom. The van der Waals surface area contributed by atoms with Crippen molar-refractivity contribution in [3.63, 3.8) is 0 Å². The maximum atomic E-state index is 4.10. The van der Waals surface area contributed by atoms with Crippen LogP contribution in [0.25, 0.3) is 10.9 Å². The maximum absolute atomic E-state index is 4.10. The van der Waals surface area contributed by atoms with Crippen LogP contribution >= 0.6 is 0 Å². The fourth-order valence-electron chi connectivity index (χ4n) is 3.44. The molecule has 0 spiro atoms. The number of likely N-dealkylation sites (tertiary alicyclic amines) is 1. The first-order chi connectivity index (χ1) is 13.9. The molecule has 2 aromatic rings. The molecule has 0 aliphatic carbocycles. The van der Waals surface area contributed by atoms with Gasteiger partial charge in [0.15, 0.2) is 0 Å². The SMILES string of the molecule is C=C(NCc1cc2cc(C)ccc2[nH]1)NC1CCCN(C)C1.C=CCNC(=C)C. The van der Waals surface area contributed by atoms with Gasteiger partial charge >= 0.3 is 0 Å². The van der Waals surface area contributed by atoms with E-state index in [1.165, 1.54) is 41.5 Å². The Morgan fingerprint density at radius 3 is 2.72 bits per heavy atom. The molecule has 1 atom stereocenters. The number of nitrogens with one attached hydrogen (secondary N) is 4. The van der Waals surface area contributed by atoms with Crippen LogP contribution in [0.1, 0.15) is 31.0 Å². The zero-order chi connectivity index (χ0) is 21.2. The first kappa shape index (κ1) is 22.6. The lowest BCUT2D eigenvalue weighted by Crippen LogP contribution is -2.45. The predicted molar refractivity (Wildman–Crippen MR) is 126 cm³/mol. The van der Waals surface area contributed by atoms with Gasteiger partial charge in [-0.05, 0) is 63.9 Å². The first-order valence-corrected chi connectivity index (χ1v) is 10.3. The van der Waals surface area contributed by atoms with E-state index in [1.54, 1.807) is 6.08 Å². The molecule has 1 unspecified atom stereocenters. The molecule has 4 N–H and O–H groups in total. The number of aryl methyl sites for hydroxylation is 1. The van der Waals surface area contributed by atoms with Crippen LogP contribution in [0, 0.1) is 6.92 Å².